The van der Waals surface area contributed by atoms with Gasteiger partial charge in [-0.1, -0.05) is 30.3 Å². The van der Waals surface area contributed by atoms with Gasteiger partial charge in [0.25, 0.3) is 5.91 Å². The number of urea groups is 1. The van der Waals surface area contributed by atoms with Crippen LogP contribution in [0.4, 0.5) is 4.79 Å². The van der Waals surface area contributed by atoms with E-state index in [0.29, 0.717) is 12.0 Å². The number of halogens is 1. The summed E-state index contributed by atoms with van der Waals surface area (Å²) in [6, 6.07) is 10.7. The van der Waals surface area contributed by atoms with Gasteiger partial charge in [-0.2, -0.15) is 0 Å². The van der Waals surface area contributed by atoms with Crippen molar-refractivity contribution in [2.24, 2.45) is 16.8 Å². The third kappa shape index (κ3) is 4.90. The van der Waals surface area contributed by atoms with Crippen LogP contribution in [-0.4, -0.2) is 54.0 Å². The Balaban J connectivity index is 0.00000256. The maximum Gasteiger partial charge on any atom is 0.322 e. The lowest BCUT2D eigenvalue weighted by molar-refractivity contribution is -0.125. The van der Waals surface area contributed by atoms with E-state index in [4.69, 9.17) is 4.99 Å². The number of rotatable bonds is 5. The zero-order chi connectivity index (χ0) is 20.4. The number of nitrogens with one attached hydrogen (secondary N) is 3. The smallest absolute Gasteiger partial charge is 0.322 e. The lowest BCUT2D eigenvalue weighted by Gasteiger charge is -2.39. The van der Waals surface area contributed by atoms with E-state index in [1.54, 1.807) is 0 Å². The molecule has 164 valence electrons. The van der Waals surface area contributed by atoms with Gasteiger partial charge in [0.1, 0.15) is 5.54 Å². The summed E-state index contributed by atoms with van der Waals surface area (Å²) >= 11 is 0. The molecule has 1 saturated carbocycles. The molecule has 0 bridgehead atoms. The number of carbonyl (C=O) groups excluding carboxylic acids is 2. The molecule has 30 heavy (non-hydrogen) atoms. The van der Waals surface area contributed by atoms with Crippen LogP contribution in [0, 0.1) is 11.8 Å². The molecule has 1 aromatic carbocycles. The molecule has 8 heteroatoms. The largest absolute Gasteiger partial charge is 0.353 e. The van der Waals surface area contributed by atoms with Crippen LogP contribution in [0.2, 0.25) is 0 Å². The van der Waals surface area contributed by atoms with E-state index >= 15 is 0 Å². The second-order valence-corrected chi connectivity index (χ2v) is 8.61. The third-order valence-electron chi connectivity index (χ3n) is 6.57. The molecule has 2 saturated heterocycles. The van der Waals surface area contributed by atoms with E-state index in [9.17, 15) is 9.59 Å². The van der Waals surface area contributed by atoms with Crippen LogP contribution in [0.3, 0.4) is 0 Å². The summed E-state index contributed by atoms with van der Waals surface area (Å²) in [6.07, 6.45) is 3.99. The summed E-state index contributed by atoms with van der Waals surface area (Å²) in [5, 5.41) is 8.87. The highest BCUT2D eigenvalue weighted by molar-refractivity contribution is 14.0. The van der Waals surface area contributed by atoms with Crippen LogP contribution in [0.25, 0.3) is 0 Å². The SMILES string of the molecule is CCN=C(NC1CC1Cc1ccccc1)N1CCC(C2(C)NC(=O)NC2=O)CC1.I. The van der Waals surface area contributed by atoms with Gasteiger partial charge in [0, 0.05) is 25.7 Å². The molecule has 2 heterocycles. The Bertz CT molecular complexity index is 794. The number of benzene rings is 1. The van der Waals surface area contributed by atoms with E-state index in [0.717, 1.165) is 44.9 Å². The lowest BCUT2D eigenvalue weighted by Crippen LogP contribution is -2.55. The van der Waals surface area contributed by atoms with Crippen LogP contribution >= 0.6 is 24.0 Å². The molecule has 0 spiro atoms. The highest BCUT2D eigenvalue weighted by Crippen LogP contribution is 2.35. The first-order chi connectivity index (χ1) is 14.0. The number of piperidine rings is 1. The minimum Gasteiger partial charge on any atom is -0.353 e. The molecular weight excluding hydrogens is 493 g/mol. The third-order valence-corrected chi connectivity index (χ3v) is 6.57. The first-order valence-electron chi connectivity index (χ1n) is 10.7. The predicted octanol–water partition coefficient (Wildman–Crippen LogP) is 2.51. The number of nitrogens with zero attached hydrogens (tertiary/aromatic N) is 2. The minimum absolute atomic E-state index is 0. The summed E-state index contributed by atoms with van der Waals surface area (Å²) in [6.45, 7) is 6.32. The Morgan fingerprint density at radius 2 is 1.93 bits per heavy atom. The summed E-state index contributed by atoms with van der Waals surface area (Å²) in [7, 11) is 0. The highest BCUT2D eigenvalue weighted by atomic mass is 127. The van der Waals surface area contributed by atoms with E-state index in [2.05, 4.69) is 58.1 Å². The summed E-state index contributed by atoms with van der Waals surface area (Å²) in [5.41, 5.74) is 0.595. The van der Waals surface area contributed by atoms with Gasteiger partial charge in [-0.05, 0) is 56.9 Å². The molecule has 3 aliphatic rings. The molecule has 3 amide bonds. The van der Waals surface area contributed by atoms with Crippen molar-refractivity contribution in [3.63, 3.8) is 0 Å². The maximum atomic E-state index is 12.2. The van der Waals surface area contributed by atoms with Gasteiger partial charge in [-0.25, -0.2) is 4.79 Å². The standard InChI is InChI=1S/C22H31N5O2.HI/c1-3-23-20(24-18-14-16(18)13-15-7-5-4-6-8-15)27-11-9-17(10-12-27)22(2)19(28)25-21(29)26-22;/h4-8,16-18H,3,9-14H2,1-2H3,(H,23,24)(H2,25,26,28,29);1H. The number of aliphatic imine (C=N–C) groups is 1. The van der Waals surface area contributed by atoms with Crippen molar-refractivity contribution < 1.29 is 9.59 Å². The van der Waals surface area contributed by atoms with Gasteiger partial charge in [-0.3, -0.25) is 15.1 Å². The van der Waals surface area contributed by atoms with E-state index in [1.165, 1.54) is 12.0 Å². The van der Waals surface area contributed by atoms with E-state index < -0.39 is 5.54 Å². The van der Waals surface area contributed by atoms with Gasteiger partial charge >= 0.3 is 6.03 Å². The van der Waals surface area contributed by atoms with Crippen LogP contribution in [0.15, 0.2) is 35.3 Å². The number of guanidine groups is 1. The molecule has 0 radical (unpaired) electrons. The monoisotopic (exact) mass is 525 g/mol. The number of hydrogen-bond donors (Lipinski definition) is 3. The van der Waals surface area contributed by atoms with Gasteiger partial charge in [0.15, 0.2) is 5.96 Å². The highest BCUT2D eigenvalue weighted by Gasteiger charge is 2.49. The second-order valence-electron chi connectivity index (χ2n) is 8.61. The van der Waals surface area contributed by atoms with Crippen molar-refractivity contribution in [2.45, 2.75) is 51.1 Å². The van der Waals surface area contributed by atoms with Gasteiger partial charge in [0.2, 0.25) is 0 Å². The molecular formula is C22H32IN5O2. The van der Waals surface area contributed by atoms with Crippen molar-refractivity contribution in [1.29, 1.82) is 0 Å². The number of imide groups is 1. The molecule has 2 aliphatic heterocycles. The molecule has 3 fully saturated rings. The number of hydrogen-bond acceptors (Lipinski definition) is 3. The average molecular weight is 525 g/mol. The Hall–Kier alpha value is -1.84. The van der Waals surface area contributed by atoms with Crippen molar-refractivity contribution >= 4 is 41.9 Å². The fraction of sp³-hybridized carbons (Fsp3) is 0.591. The number of amides is 3. The zero-order valence-corrected chi connectivity index (χ0v) is 20.0. The Kier molecular flexibility index (Phi) is 7.26. The molecule has 3 N–H and O–H groups in total. The van der Waals surface area contributed by atoms with E-state index in [-0.39, 0.29) is 41.8 Å². The predicted molar refractivity (Wildman–Crippen MR) is 128 cm³/mol. The van der Waals surface area contributed by atoms with Crippen molar-refractivity contribution in [3.8, 4) is 0 Å². The topological polar surface area (TPSA) is 85.8 Å². The quantitative estimate of drug-likeness (QED) is 0.239. The molecule has 7 nitrogen and oxygen atoms in total. The maximum absolute atomic E-state index is 12.2. The molecule has 1 aromatic rings. The van der Waals surface area contributed by atoms with Crippen LogP contribution in [0.1, 0.15) is 38.7 Å². The molecule has 4 rings (SSSR count). The average Bonchev–Trinajstić information content (AvgIpc) is 3.38. The normalized spacial score (nSPS) is 29.1. The van der Waals surface area contributed by atoms with Crippen molar-refractivity contribution in [3.05, 3.63) is 35.9 Å². The van der Waals surface area contributed by atoms with Crippen LogP contribution in [-0.2, 0) is 11.2 Å². The summed E-state index contributed by atoms with van der Waals surface area (Å²) in [4.78, 5) is 30.8. The first kappa shape index (κ1) is 22.8. The van der Waals surface area contributed by atoms with Crippen molar-refractivity contribution in [1.82, 2.24) is 20.9 Å². The fourth-order valence-corrected chi connectivity index (χ4v) is 4.63. The van der Waals surface area contributed by atoms with Gasteiger partial charge in [0.05, 0.1) is 0 Å². The Labute approximate surface area is 195 Å². The molecule has 3 unspecified atom stereocenters. The Morgan fingerprint density at radius 3 is 2.53 bits per heavy atom. The fourth-order valence-electron chi connectivity index (χ4n) is 4.63. The zero-order valence-electron chi connectivity index (χ0n) is 17.7. The summed E-state index contributed by atoms with van der Waals surface area (Å²) < 4.78 is 0. The molecule has 0 aromatic heterocycles. The number of carbonyl (C=O) groups is 2. The summed E-state index contributed by atoms with van der Waals surface area (Å²) in [5.74, 6) is 1.58. The second kappa shape index (κ2) is 9.53. The number of likely N-dealkylation sites (tertiary alicyclic amines) is 1. The first-order valence-corrected chi connectivity index (χ1v) is 10.7. The lowest BCUT2D eigenvalue weighted by atomic mass is 9.79. The Morgan fingerprint density at radius 1 is 1.23 bits per heavy atom. The van der Waals surface area contributed by atoms with E-state index in [1.807, 2.05) is 6.92 Å². The minimum atomic E-state index is -0.796. The molecule has 1 aliphatic carbocycles. The van der Waals surface area contributed by atoms with Gasteiger partial charge in [-0.15, -0.1) is 24.0 Å². The van der Waals surface area contributed by atoms with Gasteiger partial charge < -0.3 is 15.5 Å². The van der Waals surface area contributed by atoms with Crippen LogP contribution in [0.5, 0.6) is 0 Å². The van der Waals surface area contributed by atoms with Crippen molar-refractivity contribution in [2.75, 3.05) is 19.6 Å². The van der Waals surface area contributed by atoms with Crippen LogP contribution < -0.4 is 16.0 Å². The molecule has 3 atom stereocenters.